The summed E-state index contributed by atoms with van der Waals surface area (Å²) in [7, 11) is 1.32. The maximum atomic E-state index is 12.1. The van der Waals surface area contributed by atoms with Crippen molar-refractivity contribution in [2.75, 3.05) is 13.7 Å². The molecule has 152 valence electrons. The first-order valence-electron chi connectivity index (χ1n) is 8.57. The van der Waals surface area contributed by atoms with E-state index in [2.05, 4.69) is 11.3 Å². The van der Waals surface area contributed by atoms with Gasteiger partial charge in [0.15, 0.2) is 6.61 Å². The van der Waals surface area contributed by atoms with Crippen molar-refractivity contribution in [1.29, 1.82) is 0 Å². The fourth-order valence-corrected chi connectivity index (χ4v) is 2.59. The fourth-order valence-electron chi connectivity index (χ4n) is 2.13. The predicted molar refractivity (Wildman–Crippen MR) is 111 cm³/mol. The lowest BCUT2D eigenvalue weighted by Crippen LogP contribution is -2.23. The zero-order valence-electron chi connectivity index (χ0n) is 16.2. The Hall–Kier alpha value is -2.24. The standard InChI is InChI=1S/C21H24Cl2O5/c1-14(2)18(10-8-15(3)6-5-7-20(24)26-4)28-21(25)13-27-19-11-9-16(22)12-17(19)23/h5-7,9,11-12,18H,1,8,10,13H2,2-4H3/b7-5+,15-6+. The van der Waals surface area contributed by atoms with Crippen molar-refractivity contribution in [1.82, 2.24) is 0 Å². The minimum atomic E-state index is -0.522. The molecular formula is C21H24Cl2O5. The van der Waals surface area contributed by atoms with E-state index in [0.717, 1.165) is 11.1 Å². The highest BCUT2D eigenvalue weighted by molar-refractivity contribution is 6.35. The van der Waals surface area contributed by atoms with Crippen LogP contribution in [0.3, 0.4) is 0 Å². The van der Waals surface area contributed by atoms with Gasteiger partial charge in [-0.2, -0.15) is 0 Å². The number of hydrogen-bond donors (Lipinski definition) is 0. The Labute approximate surface area is 175 Å². The largest absolute Gasteiger partial charge is 0.480 e. The molecular weight excluding hydrogens is 403 g/mol. The van der Waals surface area contributed by atoms with Gasteiger partial charge in [-0.15, -0.1) is 0 Å². The molecule has 0 spiro atoms. The summed E-state index contributed by atoms with van der Waals surface area (Å²) >= 11 is 11.8. The Morgan fingerprint density at radius 3 is 2.57 bits per heavy atom. The molecule has 0 saturated heterocycles. The molecule has 5 nitrogen and oxygen atoms in total. The molecule has 1 unspecified atom stereocenters. The molecule has 1 atom stereocenters. The van der Waals surface area contributed by atoms with E-state index in [4.69, 9.17) is 32.7 Å². The SMILES string of the molecule is C=C(C)C(CC/C(C)=C/C=C/C(=O)OC)OC(=O)COc1ccc(Cl)cc1Cl. The Balaban J connectivity index is 2.53. The molecule has 0 N–H and O–H groups in total. The van der Waals surface area contributed by atoms with E-state index >= 15 is 0 Å². The molecule has 0 aromatic heterocycles. The predicted octanol–water partition coefficient (Wildman–Crippen LogP) is 5.32. The molecule has 28 heavy (non-hydrogen) atoms. The first-order chi connectivity index (χ1) is 13.2. The van der Waals surface area contributed by atoms with E-state index in [1.54, 1.807) is 31.2 Å². The molecule has 0 amide bonds. The molecule has 0 bridgehead atoms. The van der Waals surface area contributed by atoms with Crippen molar-refractivity contribution >= 4 is 35.1 Å². The monoisotopic (exact) mass is 426 g/mol. The smallest absolute Gasteiger partial charge is 0.344 e. The van der Waals surface area contributed by atoms with Gasteiger partial charge in [-0.25, -0.2) is 9.59 Å². The minimum Gasteiger partial charge on any atom is -0.480 e. The maximum absolute atomic E-state index is 12.1. The molecule has 0 aliphatic heterocycles. The van der Waals surface area contributed by atoms with Crippen LogP contribution in [0.5, 0.6) is 5.75 Å². The van der Waals surface area contributed by atoms with Crippen LogP contribution in [-0.2, 0) is 19.1 Å². The average molecular weight is 427 g/mol. The number of rotatable bonds is 10. The lowest BCUT2D eigenvalue weighted by atomic mass is 10.0. The molecule has 1 rings (SSSR count). The van der Waals surface area contributed by atoms with Crippen LogP contribution in [0, 0.1) is 0 Å². The van der Waals surface area contributed by atoms with Gasteiger partial charge >= 0.3 is 11.9 Å². The van der Waals surface area contributed by atoms with Crippen molar-refractivity contribution in [3.8, 4) is 5.75 Å². The number of hydrogen-bond acceptors (Lipinski definition) is 5. The molecule has 0 radical (unpaired) electrons. The first-order valence-corrected chi connectivity index (χ1v) is 9.33. The van der Waals surface area contributed by atoms with Crippen molar-refractivity contribution in [2.24, 2.45) is 0 Å². The Morgan fingerprint density at radius 1 is 1.25 bits per heavy atom. The number of carbonyl (C=O) groups excluding carboxylic acids is 2. The van der Waals surface area contributed by atoms with Gasteiger partial charge in [0.25, 0.3) is 0 Å². The van der Waals surface area contributed by atoms with Crippen LogP contribution in [0.4, 0.5) is 0 Å². The van der Waals surface area contributed by atoms with E-state index in [-0.39, 0.29) is 6.61 Å². The van der Waals surface area contributed by atoms with Crippen molar-refractivity contribution in [2.45, 2.75) is 32.8 Å². The molecule has 0 heterocycles. The summed E-state index contributed by atoms with van der Waals surface area (Å²) in [6, 6.07) is 4.74. The van der Waals surface area contributed by atoms with E-state index in [1.165, 1.54) is 19.3 Å². The topological polar surface area (TPSA) is 61.8 Å². The number of methoxy groups -OCH3 is 1. The van der Waals surface area contributed by atoms with E-state index in [1.807, 2.05) is 6.92 Å². The highest BCUT2D eigenvalue weighted by Crippen LogP contribution is 2.27. The summed E-state index contributed by atoms with van der Waals surface area (Å²) in [5.41, 5.74) is 1.75. The summed E-state index contributed by atoms with van der Waals surface area (Å²) in [5.74, 6) is -0.587. The highest BCUT2D eigenvalue weighted by atomic mass is 35.5. The highest BCUT2D eigenvalue weighted by Gasteiger charge is 2.16. The number of carbonyl (C=O) groups is 2. The second-order valence-corrected chi connectivity index (χ2v) is 6.97. The van der Waals surface area contributed by atoms with Crippen LogP contribution in [0.2, 0.25) is 10.0 Å². The molecule has 0 aliphatic rings. The van der Waals surface area contributed by atoms with Gasteiger partial charge < -0.3 is 14.2 Å². The van der Waals surface area contributed by atoms with Gasteiger partial charge in [0.05, 0.1) is 12.1 Å². The summed E-state index contributed by atoms with van der Waals surface area (Å²) in [6.45, 7) is 7.32. The molecule has 1 aromatic carbocycles. The lowest BCUT2D eigenvalue weighted by Gasteiger charge is -2.18. The van der Waals surface area contributed by atoms with Crippen LogP contribution >= 0.6 is 23.2 Å². The number of benzene rings is 1. The number of ether oxygens (including phenoxy) is 3. The Kier molecular flexibility index (Phi) is 10.4. The summed E-state index contributed by atoms with van der Waals surface area (Å²) in [4.78, 5) is 23.1. The number of esters is 2. The summed E-state index contributed by atoms with van der Waals surface area (Å²) in [5, 5.41) is 0.796. The maximum Gasteiger partial charge on any atom is 0.344 e. The number of halogens is 2. The Morgan fingerprint density at radius 2 is 1.96 bits per heavy atom. The van der Waals surface area contributed by atoms with Crippen molar-refractivity contribution < 1.29 is 23.8 Å². The molecule has 7 heteroatoms. The van der Waals surface area contributed by atoms with E-state index in [0.29, 0.717) is 28.6 Å². The van der Waals surface area contributed by atoms with Gasteiger partial charge in [-0.1, -0.05) is 47.5 Å². The van der Waals surface area contributed by atoms with Gasteiger partial charge in [0.1, 0.15) is 11.9 Å². The zero-order valence-corrected chi connectivity index (χ0v) is 17.7. The van der Waals surface area contributed by atoms with Crippen molar-refractivity contribution in [3.63, 3.8) is 0 Å². The number of allylic oxidation sites excluding steroid dienone is 3. The average Bonchev–Trinajstić information content (AvgIpc) is 2.63. The van der Waals surface area contributed by atoms with Gasteiger partial charge in [-0.3, -0.25) is 0 Å². The normalized spacial score (nSPS) is 12.5. The van der Waals surface area contributed by atoms with Crippen molar-refractivity contribution in [3.05, 3.63) is 64.2 Å². The summed E-state index contributed by atoms with van der Waals surface area (Å²) < 4.78 is 15.4. The van der Waals surface area contributed by atoms with Gasteiger partial charge in [-0.05, 0) is 50.5 Å². The van der Waals surface area contributed by atoms with Crippen LogP contribution in [0.25, 0.3) is 0 Å². The fraction of sp³-hybridized carbons (Fsp3) is 0.333. The van der Waals surface area contributed by atoms with E-state index in [9.17, 15) is 9.59 Å². The third-order valence-electron chi connectivity index (χ3n) is 3.68. The molecule has 1 aromatic rings. The quantitative estimate of drug-likeness (QED) is 0.219. The third kappa shape index (κ3) is 9.11. The van der Waals surface area contributed by atoms with Crippen LogP contribution in [0.1, 0.15) is 26.7 Å². The van der Waals surface area contributed by atoms with Crippen LogP contribution in [-0.4, -0.2) is 31.8 Å². The minimum absolute atomic E-state index is 0.276. The second kappa shape index (κ2) is 12.3. The molecule has 0 saturated carbocycles. The molecule has 0 fully saturated rings. The molecule has 0 aliphatic carbocycles. The zero-order chi connectivity index (χ0) is 21.1. The van der Waals surface area contributed by atoms with Gasteiger partial charge in [0, 0.05) is 11.1 Å². The van der Waals surface area contributed by atoms with Gasteiger partial charge in [0.2, 0.25) is 0 Å². The first kappa shape index (κ1) is 23.8. The van der Waals surface area contributed by atoms with Crippen LogP contribution < -0.4 is 4.74 Å². The second-order valence-electron chi connectivity index (χ2n) is 6.12. The third-order valence-corrected chi connectivity index (χ3v) is 4.21. The Bertz CT molecular complexity index is 768. The lowest BCUT2D eigenvalue weighted by molar-refractivity contribution is -0.150. The van der Waals surface area contributed by atoms with Crippen LogP contribution in [0.15, 0.2) is 54.2 Å². The van der Waals surface area contributed by atoms with E-state index < -0.39 is 18.0 Å². The summed E-state index contributed by atoms with van der Waals surface area (Å²) in [6.07, 6.45) is 5.55.